The summed E-state index contributed by atoms with van der Waals surface area (Å²) in [6.07, 6.45) is 0.565. The van der Waals surface area contributed by atoms with Crippen LogP contribution < -0.4 is 20.3 Å². The highest BCUT2D eigenvalue weighted by Crippen LogP contribution is 2.21. The van der Waals surface area contributed by atoms with E-state index in [0.29, 0.717) is 17.2 Å². The lowest BCUT2D eigenvalue weighted by Gasteiger charge is -2.15. The van der Waals surface area contributed by atoms with Crippen molar-refractivity contribution in [3.8, 4) is 11.6 Å². The Morgan fingerprint density at radius 2 is 1.78 bits per heavy atom. The summed E-state index contributed by atoms with van der Waals surface area (Å²) in [6.45, 7) is 1.60. The Bertz CT molecular complexity index is 957. The first-order valence-corrected chi connectivity index (χ1v) is 8.32. The van der Waals surface area contributed by atoms with Crippen LogP contribution >= 0.6 is 0 Å². The van der Waals surface area contributed by atoms with Gasteiger partial charge in [-0.1, -0.05) is 30.3 Å². The van der Waals surface area contributed by atoms with Crippen molar-refractivity contribution in [2.24, 2.45) is 0 Å². The molecule has 1 atom stereocenters. The Balaban J connectivity index is 1.55. The van der Waals surface area contributed by atoms with Gasteiger partial charge in [0.15, 0.2) is 6.10 Å². The lowest BCUT2D eigenvalue weighted by atomic mass is 10.1. The maximum absolute atomic E-state index is 12.2. The molecule has 2 amide bonds. The summed E-state index contributed by atoms with van der Waals surface area (Å²) < 4.78 is 10.6. The van der Waals surface area contributed by atoms with Crippen LogP contribution in [0.15, 0.2) is 60.8 Å². The summed E-state index contributed by atoms with van der Waals surface area (Å²) >= 11 is 0. The van der Waals surface area contributed by atoms with Crippen LogP contribution in [0.25, 0.3) is 10.8 Å². The molecule has 1 aromatic heterocycles. The zero-order chi connectivity index (χ0) is 19.2. The fourth-order valence-corrected chi connectivity index (χ4v) is 2.43. The molecular weight excluding hydrogens is 346 g/mol. The van der Waals surface area contributed by atoms with Crippen LogP contribution in [0, 0.1) is 0 Å². The van der Waals surface area contributed by atoms with E-state index < -0.39 is 17.9 Å². The second kappa shape index (κ2) is 8.18. The predicted molar refractivity (Wildman–Crippen MR) is 100 cm³/mol. The number of aromatic nitrogens is 1. The Hall–Kier alpha value is -3.61. The molecule has 138 valence electrons. The van der Waals surface area contributed by atoms with Crippen molar-refractivity contribution in [3.05, 3.63) is 66.4 Å². The van der Waals surface area contributed by atoms with Gasteiger partial charge in [-0.2, -0.15) is 0 Å². The Kier molecular flexibility index (Phi) is 5.51. The number of carbonyl (C=O) groups excluding carboxylic acids is 2. The van der Waals surface area contributed by atoms with Gasteiger partial charge in [0.25, 0.3) is 11.8 Å². The first-order valence-electron chi connectivity index (χ1n) is 8.32. The number of hydrogen-bond acceptors (Lipinski definition) is 5. The zero-order valence-corrected chi connectivity index (χ0v) is 14.9. The van der Waals surface area contributed by atoms with E-state index in [4.69, 9.17) is 9.47 Å². The second-order valence-corrected chi connectivity index (χ2v) is 5.80. The molecule has 2 N–H and O–H groups in total. The van der Waals surface area contributed by atoms with E-state index in [0.717, 1.165) is 10.8 Å². The standard InChI is InChI=1S/C20H19N3O4/c1-13(27-17-9-7-14-5-3-4-6-15(14)11-17)19(24)22-23-20(25)16-8-10-18(26-2)21-12-16/h3-13H,1-2H3,(H,22,24)(H,23,25)/t13-/m1/s1. The first-order chi connectivity index (χ1) is 13.1. The third-order valence-corrected chi connectivity index (χ3v) is 3.91. The van der Waals surface area contributed by atoms with Gasteiger partial charge in [0.05, 0.1) is 12.7 Å². The van der Waals surface area contributed by atoms with Gasteiger partial charge in [-0.15, -0.1) is 0 Å². The van der Waals surface area contributed by atoms with Crippen LogP contribution in [0.1, 0.15) is 17.3 Å². The Morgan fingerprint density at radius 3 is 2.48 bits per heavy atom. The molecule has 0 aliphatic rings. The molecule has 0 saturated carbocycles. The summed E-state index contributed by atoms with van der Waals surface area (Å²) in [6, 6.07) is 16.5. The minimum absolute atomic E-state index is 0.291. The normalized spacial score (nSPS) is 11.5. The van der Waals surface area contributed by atoms with Crippen LogP contribution in [0.3, 0.4) is 0 Å². The lowest BCUT2D eigenvalue weighted by molar-refractivity contribution is -0.128. The highest BCUT2D eigenvalue weighted by Gasteiger charge is 2.16. The molecule has 3 aromatic rings. The molecule has 0 aliphatic carbocycles. The van der Waals surface area contributed by atoms with E-state index in [1.165, 1.54) is 13.3 Å². The van der Waals surface area contributed by atoms with Gasteiger partial charge < -0.3 is 9.47 Å². The van der Waals surface area contributed by atoms with Crippen LogP contribution in [0.5, 0.6) is 11.6 Å². The van der Waals surface area contributed by atoms with Gasteiger partial charge in [0.1, 0.15) is 5.75 Å². The molecule has 7 nitrogen and oxygen atoms in total. The zero-order valence-electron chi connectivity index (χ0n) is 14.9. The average molecular weight is 365 g/mol. The molecule has 0 unspecified atom stereocenters. The van der Waals surface area contributed by atoms with Gasteiger partial charge in [-0.25, -0.2) is 4.98 Å². The molecule has 0 bridgehead atoms. The molecule has 2 aromatic carbocycles. The number of amides is 2. The molecule has 0 saturated heterocycles. The SMILES string of the molecule is COc1ccc(C(=O)NNC(=O)[C@@H](C)Oc2ccc3ccccc3c2)cn1. The number of nitrogens with zero attached hydrogens (tertiary/aromatic N) is 1. The van der Waals surface area contributed by atoms with Gasteiger partial charge >= 0.3 is 0 Å². The number of methoxy groups -OCH3 is 1. The lowest BCUT2D eigenvalue weighted by Crippen LogP contribution is -2.47. The number of rotatable bonds is 5. The van der Waals surface area contributed by atoms with E-state index in [-0.39, 0.29) is 0 Å². The number of nitrogens with one attached hydrogen (secondary N) is 2. The fourth-order valence-electron chi connectivity index (χ4n) is 2.43. The fraction of sp³-hybridized carbons (Fsp3) is 0.150. The van der Waals surface area contributed by atoms with Crippen LogP contribution in [0.4, 0.5) is 0 Å². The number of hydrazine groups is 1. The summed E-state index contributed by atoms with van der Waals surface area (Å²) in [5.74, 6) is 0.00408. The van der Waals surface area contributed by atoms with Gasteiger partial charge in [-0.3, -0.25) is 20.4 Å². The van der Waals surface area contributed by atoms with Crippen molar-refractivity contribution in [3.63, 3.8) is 0 Å². The Labute approximate surface area is 156 Å². The number of carbonyl (C=O) groups is 2. The van der Waals surface area contributed by atoms with E-state index in [9.17, 15) is 9.59 Å². The van der Waals surface area contributed by atoms with Gasteiger partial charge in [0.2, 0.25) is 5.88 Å². The van der Waals surface area contributed by atoms with Gasteiger partial charge in [-0.05, 0) is 35.9 Å². The largest absolute Gasteiger partial charge is 0.481 e. The molecule has 27 heavy (non-hydrogen) atoms. The minimum atomic E-state index is -0.791. The minimum Gasteiger partial charge on any atom is -0.481 e. The molecule has 1 heterocycles. The summed E-state index contributed by atoms with van der Waals surface area (Å²) in [5.41, 5.74) is 4.97. The van der Waals surface area contributed by atoms with Gasteiger partial charge in [0, 0.05) is 12.3 Å². The molecule has 0 aliphatic heterocycles. The molecule has 0 spiro atoms. The molecule has 0 radical (unpaired) electrons. The van der Waals surface area contributed by atoms with Crippen LogP contribution in [0.2, 0.25) is 0 Å². The molecular formula is C20H19N3O4. The van der Waals surface area contributed by atoms with Crippen molar-refractivity contribution < 1.29 is 19.1 Å². The second-order valence-electron chi connectivity index (χ2n) is 5.80. The third kappa shape index (κ3) is 4.52. The van der Waals surface area contributed by atoms with Crippen LogP contribution in [-0.4, -0.2) is 30.0 Å². The summed E-state index contributed by atoms with van der Waals surface area (Å²) in [4.78, 5) is 28.1. The number of benzene rings is 2. The number of fused-ring (bicyclic) bond motifs is 1. The third-order valence-electron chi connectivity index (χ3n) is 3.91. The van der Waals surface area contributed by atoms with Crippen molar-refractivity contribution in [2.45, 2.75) is 13.0 Å². The summed E-state index contributed by atoms with van der Waals surface area (Å²) in [7, 11) is 1.49. The molecule has 3 rings (SSSR count). The number of ether oxygens (including phenoxy) is 2. The smallest absolute Gasteiger partial charge is 0.279 e. The highest BCUT2D eigenvalue weighted by molar-refractivity contribution is 5.95. The van der Waals surface area contributed by atoms with E-state index >= 15 is 0 Å². The van der Waals surface area contributed by atoms with Crippen LogP contribution in [-0.2, 0) is 4.79 Å². The van der Waals surface area contributed by atoms with Crippen molar-refractivity contribution in [1.29, 1.82) is 0 Å². The first kappa shape index (κ1) is 18.2. The van der Waals surface area contributed by atoms with E-state index in [1.807, 2.05) is 36.4 Å². The maximum Gasteiger partial charge on any atom is 0.279 e. The van der Waals surface area contributed by atoms with Crippen molar-refractivity contribution in [1.82, 2.24) is 15.8 Å². The quantitative estimate of drug-likeness (QED) is 0.678. The topological polar surface area (TPSA) is 89.6 Å². The average Bonchev–Trinajstić information content (AvgIpc) is 2.71. The predicted octanol–water partition coefficient (Wildman–Crippen LogP) is 2.47. The Morgan fingerprint density at radius 1 is 1.00 bits per heavy atom. The highest BCUT2D eigenvalue weighted by atomic mass is 16.5. The number of hydrogen-bond donors (Lipinski definition) is 2. The van der Waals surface area contributed by atoms with Crippen molar-refractivity contribution >= 4 is 22.6 Å². The maximum atomic E-state index is 12.2. The van der Waals surface area contributed by atoms with E-state index in [2.05, 4.69) is 15.8 Å². The van der Waals surface area contributed by atoms with E-state index in [1.54, 1.807) is 25.1 Å². The molecule has 0 fully saturated rings. The number of pyridine rings is 1. The summed E-state index contributed by atoms with van der Waals surface area (Å²) in [5, 5.41) is 2.10. The molecule has 7 heteroatoms. The monoisotopic (exact) mass is 365 g/mol. The van der Waals surface area contributed by atoms with Crippen molar-refractivity contribution in [2.75, 3.05) is 7.11 Å².